The molecule has 2 atom stereocenters. The number of aromatic amines is 2. The van der Waals surface area contributed by atoms with E-state index in [0.717, 1.165) is 64.0 Å². The Bertz CT molecular complexity index is 1580. The average molecular weight is 494 g/mol. The Morgan fingerprint density at radius 2 is 1.62 bits per heavy atom. The van der Waals surface area contributed by atoms with Crippen LogP contribution < -0.4 is 5.73 Å². The summed E-state index contributed by atoms with van der Waals surface area (Å²) in [5, 5.41) is 0. The Morgan fingerprint density at radius 3 is 2.32 bits per heavy atom. The standard InChI is InChI=1S/C32H39N5/c1-8-22-19(5)28-16-31-23(9-2)18(4)27(35-31)15-29-20(6)24(11-10-12-33)32(37-29)21(7)26-13-17(3)25(34-26)14-30(22)36-28/h9,13-16,20,24,34-35H,2,8,10-12,33H2,1,3-7H3/t20-,24-/m0/s1. The van der Waals surface area contributed by atoms with Crippen LogP contribution in [0.4, 0.5) is 0 Å². The molecule has 5 heteroatoms. The number of hydrogen-bond acceptors (Lipinski definition) is 3. The van der Waals surface area contributed by atoms with Gasteiger partial charge >= 0.3 is 0 Å². The lowest BCUT2D eigenvalue weighted by atomic mass is 9.86. The van der Waals surface area contributed by atoms with E-state index in [2.05, 4.69) is 82.4 Å². The third-order valence-corrected chi connectivity index (χ3v) is 8.40. The highest BCUT2D eigenvalue weighted by atomic mass is 14.8. The number of nitrogens with zero attached hydrogens (tertiary/aromatic N) is 2. The third-order valence-electron chi connectivity index (χ3n) is 8.40. The second kappa shape index (κ2) is 9.79. The zero-order chi connectivity index (χ0) is 26.4. The predicted molar refractivity (Wildman–Crippen MR) is 158 cm³/mol. The van der Waals surface area contributed by atoms with Crippen LogP contribution in [0.5, 0.6) is 0 Å². The molecule has 3 aromatic rings. The molecule has 0 saturated carbocycles. The van der Waals surface area contributed by atoms with Gasteiger partial charge in [-0.15, -0.1) is 0 Å². The molecule has 3 aromatic heterocycles. The molecule has 0 spiro atoms. The summed E-state index contributed by atoms with van der Waals surface area (Å²) in [6, 6.07) is 8.86. The zero-order valence-electron chi connectivity index (χ0n) is 23.0. The number of nitrogens with one attached hydrogen (secondary N) is 2. The number of hydrogen-bond donors (Lipinski definition) is 3. The maximum atomic E-state index is 5.93. The third kappa shape index (κ3) is 4.25. The van der Waals surface area contributed by atoms with E-state index in [0.29, 0.717) is 18.4 Å². The summed E-state index contributed by atoms with van der Waals surface area (Å²) in [6.45, 7) is 18.0. The van der Waals surface area contributed by atoms with E-state index in [1.807, 2.05) is 6.08 Å². The molecular formula is C32H39N5. The first kappa shape index (κ1) is 25.2. The lowest BCUT2D eigenvalue weighted by Crippen LogP contribution is -2.07. The fourth-order valence-electron chi connectivity index (χ4n) is 6.01. The number of aromatic nitrogens is 4. The molecule has 5 nitrogen and oxygen atoms in total. The minimum atomic E-state index is 0.310. The van der Waals surface area contributed by atoms with Crippen molar-refractivity contribution >= 4 is 39.3 Å². The second-order valence-electron chi connectivity index (χ2n) is 10.6. The van der Waals surface area contributed by atoms with Gasteiger partial charge in [-0.1, -0.05) is 26.5 Å². The lowest BCUT2D eigenvalue weighted by Gasteiger charge is -2.16. The summed E-state index contributed by atoms with van der Waals surface area (Å²) >= 11 is 0. The summed E-state index contributed by atoms with van der Waals surface area (Å²) < 4.78 is 0. The van der Waals surface area contributed by atoms with Crippen molar-refractivity contribution in [3.8, 4) is 0 Å². The molecule has 37 heavy (non-hydrogen) atoms. The Hall–Kier alpha value is -3.44. The molecule has 0 aromatic carbocycles. The van der Waals surface area contributed by atoms with Crippen LogP contribution in [0.1, 0.15) is 96.9 Å². The first-order valence-electron chi connectivity index (χ1n) is 13.5. The fourth-order valence-corrected chi connectivity index (χ4v) is 6.01. The molecular weight excluding hydrogens is 454 g/mol. The molecule has 4 N–H and O–H groups in total. The van der Waals surface area contributed by atoms with Gasteiger partial charge in [0.2, 0.25) is 0 Å². The van der Waals surface area contributed by atoms with Crippen LogP contribution in [0.2, 0.25) is 0 Å². The van der Waals surface area contributed by atoms with Gasteiger partial charge in [0.1, 0.15) is 0 Å². The van der Waals surface area contributed by atoms with Crippen molar-refractivity contribution < 1.29 is 0 Å². The molecule has 0 fully saturated rings. The van der Waals surface area contributed by atoms with Gasteiger partial charge in [0.05, 0.1) is 11.4 Å². The highest BCUT2D eigenvalue weighted by molar-refractivity contribution is 5.93. The lowest BCUT2D eigenvalue weighted by molar-refractivity contribution is 0.538. The second-order valence-corrected chi connectivity index (χ2v) is 10.6. The van der Waals surface area contributed by atoms with Gasteiger partial charge in [-0.05, 0) is 106 Å². The Balaban J connectivity index is 1.93. The van der Waals surface area contributed by atoms with E-state index in [4.69, 9.17) is 15.7 Å². The van der Waals surface area contributed by atoms with Gasteiger partial charge < -0.3 is 15.7 Å². The van der Waals surface area contributed by atoms with Crippen LogP contribution in [0.25, 0.3) is 39.3 Å². The van der Waals surface area contributed by atoms with Crippen LogP contribution in [0.15, 0.2) is 30.8 Å². The Labute approximate surface area is 220 Å². The number of nitrogens with two attached hydrogens (primary N) is 1. The van der Waals surface area contributed by atoms with Gasteiger partial charge in [-0.3, -0.25) is 4.98 Å². The minimum Gasteiger partial charge on any atom is -0.355 e. The van der Waals surface area contributed by atoms with Crippen LogP contribution >= 0.6 is 0 Å². The first-order chi connectivity index (χ1) is 17.8. The Morgan fingerprint density at radius 1 is 0.919 bits per heavy atom. The van der Waals surface area contributed by atoms with Crippen LogP contribution in [-0.2, 0) is 0 Å². The van der Waals surface area contributed by atoms with E-state index < -0.39 is 0 Å². The SMILES string of the molecule is C=Cc1c(C)c2cc3nc(c(C)c4cc(C)c(cc5nc(cc1[nH]2)C(C)=C5CC)[nH]4)[C@@H](CCCN)[C@@H]3C. The van der Waals surface area contributed by atoms with E-state index in [-0.39, 0.29) is 0 Å². The maximum absolute atomic E-state index is 5.93. The summed E-state index contributed by atoms with van der Waals surface area (Å²) in [5.41, 5.74) is 21.8. The van der Waals surface area contributed by atoms with Crippen molar-refractivity contribution in [2.24, 2.45) is 5.73 Å². The van der Waals surface area contributed by atoms with Crippen molar-refractivity contribution in [2.75, 3.05) is 6.54 Å². The topological polar surface area (TPSA) is 83.4 Å². The van der Waals surface area contributed by atoms with Crippen LogP contribution in [0.3, 0.4) is 0 Å². The van der Waals surface area contributed by atoms with Crippen LogP contribution in [0, 0.1) is 20.8 Å². The quantitative estimate of drug-likeness (QED) is 0.338. The molecule has 5 rings (SSSR count). The summed E-state index contributed by atoms with van der Waals surface area (Å²) in [5.74, 6) is 0.653. The molecule has 0 saturated heterocycles. The molecule has 8 bridgehead atoms. The summed E-state index contributed by atoms with van der Waals surface area (Å²) in [7, 11) is 0. The molecule has 0 aliphatic carbocycles. The van der Waals surface area contributed by atoms with Crippen LogP contribution in [-0.4, -0.2) is 26.5 Å². The summed E-state index contributed by atoms with van der Waals surface area (Å²) in [4.78, 5) is 17.7. The van der Waals surface area contributed by atoms with Crippen molar-refractivity contribution in [1.82, 2.24) is 19.9 Å². The summed E-state index contributed by atoms with van der Waals surface area (Å²) in [6.07, 6.45) is 4.90. The predicted octanol–water partition coefficient (Wildman–Crippen LogP) is 7.85. The zero-order valence-corrected chi connectivity index (χ0v) is 23.0. The largest absolute Gasteiger partial charge is 0.355 e. The number of rotatable bonds is 5. The highest BCUT2D eigenvalue weighted by Crippen LogP contribution is 2.41. The van der Waals surface area contributed by atoms with E-state index in [1.54, 1.807) is 0 Å². The van der Waals surface area contributed by atoms with Crippen molar-refractivity contribution in [1.29, 1.82) is 0 Å². The van der Waals surface area contributed by atoms with Gasteiger partial charge in [0.25, 0.3) is 0 Å². The van der Waals surface area contributed by atoms with Gasteiger partial charge in [-0.2, -0.15) is 0 Å². The van der Waals surface area contributed by atoms with E-state index in [9.17, 15) is 0 Å². The number of allylic oxidation sites excluding steroid dienone is 2. The molecule has 2 aliphatic rings. The fraction of sp³-hybridized carbons (Fsp3) is 0.375. The number of fused-ring (bicyclic) bond motifs is 8. The van der Waals surface area contributed by atoms with Gasteiger partial charge in [0, 0.05) is 50.9 Å². The molecule has 0 radical (unpaired) electrons. The molecule has 0 unspecified atom stereocenters. The maximum Gasteiger partial charge on any atom is 0.0693 e. The van der Waals surface area contributed by atoms with E-state index >= 15 is 0 Å². The highest BCUT2D eigenvalue weighted by Gasteiger charge is 2.30. The normalized spacial score (nSPS) is 17.5. The van der Waals surface area contributed by atoms with Crippen molar-refractivity contribution in [3.63, 3.8) is 0 Å². The molecule has 2 aliphatic heterocycles. The smallest absolute Gasteiger partial charge is 0.0693 e. The number of H-pyrrole nitrogens is 2. The minimum absolute atomic E-state index is 0.310. The Kier molecular flexibility index (Phi) is 6.67. The molecule has 5 heterocycles. The van der Waals surface area contributed by atoms with Gasteiger partial charge in [0.15, 0.2) is 0 Å². The van der Waals surface area contributed by atoms with E-state index in [1.165, 1.54) is 33.5 Å². The van der Waals surface area contributed by atoms with Gasteiger partial charge in [-0.25, -0.2) is 4.98 Å². The average Bonchev–Trinajstić information content (AvgIpc) is 3.57. The van der Waals surface area contributed by atoms with Crippen molar-refractivity contribution in [3.05, 3.63) is 75.9 Å². The monoisotopic (exact) mass is 493 g/mol. The number of aryl methyl sites for hydroxylation is 3. The van der Waals surface area contributed by atoms with Crippen molar-refractivity contribution in [2.45, 2.75) is 72.6 Å². The molecule has 192 valence electrons. The first-order valence-corrected chi connectivity index (χ1v) is 13.5. The molecule has 0 amide bonds.